The molecule has 4 nitrogen and oxygen atoms in total. The lowest BCUT2D eigenvalue weighted by molar-refractivity contribution is 0.478. The van der Waals surface area contributed by atoms with E-state index in [0.717, 1.165) is 15.1 Å². The second-order valence-electron chi connectivity index (χ2n) is 4.06. The van der Waals surface area contributed by atoms with Gasteiger partial charge in [-0.1, -0.05) is 12.1 Å². The van der Waals surface area contributed by atoms with E-state index in [2.05, 4.69) is 15.3 Å². The molecule has 3 rings (SSSR count). The van der Waals surface area contributed by atoms with Crippen LogP contribution in [-0.2, 0) is 0 Å². The molecular weight excluding hydrogens is 282 g/mol. The number of phenolic OH excluding ortho intramolecular Hbond substituents is 1. The summed E-state index contributed by atoms with van der Waals surface area (Å²) in [7, 11) is 0. The van der Waals surface area contributed by atoms with Crippen LogP contribution >= 0.6 is 22.9 Å². The zero-order chi connectivity index (χ0) is 13.4. The van der Waals surface area contributed by atoms with Gasteiger partial charge in [0.1, 0.15) is 16.4 Å². The lowest BCUT2D eigenvalue weighted by atomic mass is 10.3. The highest BCUT2D eigenvalue weighted by molar-refractivity contribution is 7.18. The van der Waals surface area contributed by atoms with E-state index >= 15 is 0 Å². The Labute approximate surface area is 118 Å². The summed E-state index contributed by atoms with van der Waals surface area (Å²) in [5.74, 6) is 0.762. The summed E-state index contributed by atoms with van der Waals surface area (Å²) in [6, 6.07) is 8.98. The predicted octanol–water partition coefficient (Wildman–Crippen LogP) is 4.10. The van der Waals surface area contributed by atoms with Crippen molar-refractivity contribution in [2.24, 2.45) is 0 Å². The minimum Gasteiger partial charge on any atom is -0.506 e. The summed E-state index contributed by atoms with van der Waals surface area (Å²) in [6.07, 6.45) is 0. The van der Waals surface area contributed by atoms with Crippen molar-refractivity contribution < 1.29 is 5.11 Å². The van der Waals surface area contributed by atoms with E-state index in [9.17, 15) is 5.11 Å². The third kappa shape index (κ3) is 2.34. The molecular formula is C13H10ClN3OS. The molecule has 0 radical (unpaired) electrons. The lowest BCUT2D eigenvalue weighted by Gasteiger charge is -2.08. The molecule has 2 N–H and O–H groups in total. The third-order valence-corrected chi connectivity index (χ3v) is 3.76. The van der Waals surface area contributed by atoms with Crippen molar-refractivity contribution in [3.05, 3.63) is 40.5 Å². The molecule has 0 unspecified atom stereocenters. The first-order valence-corrected chi connectivity index (χ1v) is 6.81. The Kier molecular flexibility index (Phi) is 3.00. The molecule has 96 valence electrons. The van der Waals surface area contributed by atoms with Crippen molar-refractivity contribution in [2.75, 3.05) is 5.32 Å². The number of benzene rings is 1. The number of halogens is 1. The zero-order valence-electron chi connectivity index (χ0n) is 10.0. The summed E-state index contributed by atoms with van der Waals surface area (Å²) < 4.78 is 0. The standard InChI is InChI=1S/C13H10ClN3OS/c1-7-6-8-11(16-13(14)17-12(8)19-7)15-9-4-2-3-5-10(9)18/h2-6,18H,1H3,(H,15,16,17). The van der Waals surface area contributed by atoms with Crippen molar-refractivity contribution in [2.45, 2.75) is 6.92 Å². The average Bonchev–Trinajstić information content (AvgIpc) is 2.72. The van der Waals surface area contributed by atoms with Gasteiger partial charge in [0.2, 0.25) is 5.28 Å². The van der Waals surface area contributed by atoms with Gasteiger partial charge in [-0.2, -0.15) is 4.98 Å². The number of aromatic nitrogens is 2. The molecule has 0 bridgehead atoms. The molecule has 0 aliphatic heterocycles. The molecule has 0 saturated carbocycles. The van der Waals surface area contributed by atoms with Crippen LogP contribution in [0.1, 0.15) is 4.88 Å². The van der Waals surface area contributed by atoms with E-state index in [0.29, 0.717) is 11.5 Å². The number of nitrogens with zero attached hydrogens (tertiary/aromatic N) is 2. The van der Waals surface area contributed by atoms with Gasteiger partial charge in [-0.25, -0.2) is 4.98 Å². The Morgan fingerprint density at radius 1 is 1.26 bits per heavy atom. The highest BCUT2D eigenvalue weighted by Crippen LogP contribution is 2.33. The number of phenols is 1. The Hall–Kier alpha value is -1.85. The van der Waals surface area contributed by atoms with E-state index in [4.69, 9.17) is 11.6 Å². The lowest BCUT2D eigenvalue weighted by Crippen LogP contribution is -1.96. The minimum absolute atomic E-state index is 0.164. The van der Waals surface area contributed by atoms with Gasteiger partial charge in [0.15, 0.2) is 0 Å². The van der Waals surface area contributed by atoms with Gasteiger partial charge in [-0.05, 0) is 36.7 Å². The number of aryl methyl sites for hydroxylation is 1. The maximum absolute atomic E-state index is 9.78. The van der Waals surface area contributed by atoms with E-state index in [1.165, 1.54) is 0 Å². The molecule has 2 aromatic heterocycles. The Balaban J connectivity index is 2.12. The topological polar surface area (TPSA) is 58.0 Å². The molecule has 0 aliphatic rings. The van der Waals surface area contributed by atoms with Gasteiger partial charge < -0.3 is 10.4 Å². The van der Waals surface area contributed by atoms with Crippen molar-refractivity contribution in [3.8, 4) is 5.75 Å². The maximum atomic E-state index is 9.78. The highest BCUT2D eigenvalue weighted by Gasteiger charge is 2.11. The number of thiophene rings is 1. The van der Waals surface area contributed by atoms with Crippen LogP contribution in [0.2, 0.25) is 5.28 Å². The van der Waals surface area contributed by atoms with Gasteiger partial charge in [0, 0.05) is 4.88 Å². The fourth-order valence-electron chi connectivity index (χ4n) is 1.82. The smallest absolute Gasteiger partial charge is 0.225 e. The Morgan fingerprint density at radius 2 is 2.05 bits per heavy atom. The maximum Gasteiger partial charge on any atom is 0.225 e. The molecule has 19 heavy (non-hydrogen) atoms. The number of hydrogen-bond donors (Lipinski definition) is 2. The average molecular weight is 292 g/mol. The molecule has 0 fully saturated rings. The molecule has 1 aromatic carbocycles. The molecule has 0 aliphatic carbocycles. The summed E-state index contributed by atoms with van der Waals surface area (Å²) in [6.45, 7) is 2.00. The van der Waals surface area contributed by atoms with Crippen LogP contribution in [0.25, 0.3) is 10.2 Å². The van der Waals surface area contributed by atoms with Gasteiger partial charge in [0.05, 0.1) is 11.1 Å². The van der Waals surface area contributed by atoms with Gasteiger partial charge in [-0.3, -0.25) is 0 Å². The molecule has 0 atom stereocenters. The molecule has 0 amide bonds. The first-order chi connectivity index (χ1) is 9.13. The fraction of sp³-hybridized carbons (Fsp3) is 0.0769. The Morgan fingerprint density at radius 3 is 2.84 bits per heavy atom. The number of para-hydroxylation sites is 2. The van der Waals surface area contributed by atoms with Crippen molar-refractivity contribution in [1.82, 2.24) is 9.97 Å². The molecule has 2 heterocycles. The SMILES string of the molecule is Cc1cc2c(Nc3ccccc3O)nc(Cl)nc2s1. The van der Waals surface area contributed by atoms with Gasteiger partial charge in [0.25, 0.3) is 0 Å². The summed E-state index contributed by atoms with van der Waals surface area (Å²) in [5.41, 5.74) is 0.586. The normalized spacial score (nSPS) is 10.8. The predicted molar refractivity (Wildman–Crippen MR) is 78.6 cm³/mol. The third-order valence-electron chi connectivity index (χ3n) is 2.65. The van der Waals surface area contributed by atoms with Crippen LogP contribution in [0, 0.1) is 6.92 Å². The first kappa shape index (κ1) is 12.2. The van der Waals surface area contributed by atoms with E-state index in [1.54, 1.807) is 29.5 Å². The minimum atomic E-state index is 0.164. The van der Waals surface area contributed by atoms with Crippen LogP contribution in [0.15, 0.2) is 30.3 Å². The summed E-state index contributed by atoms with van der Waals surface area (Å²) in [4.78, 5) is 10.3. The number of anilines is 2. The van der Waals surface area contributed by atoms with Gasteiger partial charge >= 0.3 is 0 Å². The van der Waals surface area contributed by atoms with Gasteiger partial charge in [-0.15, -0.1) is 11.3 Å². The second kappa shape index (κ2) is 4.68. The largest absolute Gasteiger partial charge is 0.506 e. The zero-order valence-corrected chi connectivity index (χ0v) is 11.6. The van der Waals surface area contributed by atoms with Crippen LogP contribution in [-0.4, -0.2) is 15.1 Å². The number of fused-ring (bicyclic) bond motifs is 1. The first-order valence-electron chi connectivity index (χ1n) is 5.62. The van der Waals surface area contributed by atoms with Crippen molar-refractivity contribution in [3.63, 3.8) is 0 Å². The number of aromatic hydroxyl groups is 1. The molecule has 0 saturated heterocycles. The highest BCUT2D eigenvalue weighted by atomic mass is 35.5. The number of hydrogen-bond acceptors (Lipinski definition) is 5. The molecule has 3 aromatic rings. The van der Waals surface area contributed by atoms with Crippen LogP contribution in [0.3, 0.4) is 0 Å². The van der Waals surface area contributed by atoms with E-state index in [1.807, 2.05) is 19.1 Å². The number of rotatable bonds is 2. The summed E-state index contributed by atoms with van der Waals surface area (Å²) in [5, 5.41) is 14.0. The number of nitrogens with one attached hydrogen (secondary N) is 1. The van der Waals surface area contributed by atoms with Crippen LogP contribution in [0.4, 0.5) is 11.5 Å². The van der Waals surface area contributed by atoms with E-state index < -0.39 is 0 Å². The van der Waals surface area contributed by atoms with Crippen LogP contribution in [0.5, 0.6) is 5.75 Å². The second-order valence-corrected chi connectivity index (χ2v) is 5.63. The van der Waals surface area contributed by atoms with Crippen LogP contribution < -0.4 is 5.32 Å². The molecule has 0 spiro atoms. The van der Waals surface area contributed by atoms with E-state index in [-0.39, 0.29) is 11.0 Å². The quantitative estimate of drug-likeness (QED) is 0.551. The summed E-state index contributed by atoms with van der Waals surface area (Å²) >= 11 is 7.48. The fourth-order valence-corrected chi connectivity index (χ4v) is 2.92. The van der Waals surface area contributed by atoms with Crippen molar-refractivity contribution >= 4 is 44.7 Å². The van der Waals surface area contributed by atoms with Crippen molar-refractivity contribution in [1.29, 1.82) is 0 Å². The molecule has 6 heteroatoms. The Bertz CT molecular complexity index is 757. The monoisotopic (exact) mass is 291 g/mol.